The second kappa shape index (κ2) is 5.30. The van der Waals surface area contributed by atoms with Crippen molar-refractivity contribution in [2.45, 2.75) is 25.7 Å². The molecular formula is C10H14ClN3O2. The Balaban J connectivity index is 1.94. The third kappa shape index (κ3) is 2.95. The van der Waals surface area contributed by atoms with E-state index in [1.807, 2.05) is 0 Å². The van der Waals surface area contributed by atoms with Crippen LogP contribution in [-0.4, -0.2) is 28.7 Å². The van der Waals surface area contributed by atoms with Gasteiger partial charge in [0.1, 0.15) is 0 Å². The highest BCUT2D eigenvalue weighted by atomic mass is 35.5. The SMILES string of the molecule is COc1nc(Cl)nc(OCC2CCCC2)n1. The van der Waals surface area contributed by atoms with E-state index in [2.05, 4.69) is 15.0 Å². The monoisotopic (exact) mass is 243 g/mol. The summed E-state index contributed by atoms with van der Waals surface area (Å²) in [5.74, 6) is 0.613. The number of hydrogen-bond acceptors (Lipinski definition) is 5. The summed E-state index contributed by atoms with van der Waals surface area (Å²) in [4.78, 5) is 11.6. The average molecular weight is 244 g/mol. The minimum Gasteiger partial charge on any atom is -0.467 e. The van der Waals surface area contributed by atoms with E-state index >= 15 is 0 Å². The zero-order valence-corrected chi connectivity index (χ0v) is 9.90. The van der Waals surface area contributed by atoms with Gasteiger partial charge >= 0.3 is 12.0 Å². The normalized spacial score (nSPS) is 16.4. The number of aromatic nitrogens is 3. The molecule has 1 aliphatic rings. The molecule has 1 saturated carbocycles. The van der Waals surface area contributed by atoms with Crippen molar-refractivity contribution in [1.82, 2.24) is 15.0 Å². The largest absolute Gasteiger partial charge is 0.467 e. The van der Waals surface area contributed by atoms with Gasteiger partial charge in [-0.1, -0.05) is 12.8 Å². The molecule has 6 heteroatoms. The van der Waals surface area contributed by atoms with Crippen LogP contribution in [0, 0.1) is 5.92 Å². The molecule has 0 aromatic carbocycles. The molecule has 0 radical (unpaired) electrons. The summed E-state index contributed by atoms with van der Waals surface area (Å²) in [6.45, 7) is 0.642. The Morgan fingerprint density at radius 2 is 1.88 bits per heavy atom. The van der Waals surface area contributed by atoms with Gasteiger partial charge in [-0.05, 0) is 30.4 Å². The topological polar surface area (TPSA) is 57.1 Å². The Hall–Kier alpha value is -1.10. The van der Waals surface area contributed by atoms with Gasteiger partial charge in [0, 0.05) is 0 Å². The van der Waals surface area contributed by atoms with Gasteiger partial charge in [0.05, 0.1) is 13.7 Å². The fraction of sp³-hybridized carbons (Fsp3) is 0.700. The first-order valence-corrected chi connectivity index (χ1v) is 5.74. The quantitative estimate of drug-likeness (QED) is 0.811. The Morgan fingerprint density at radius 3 is 2.56 bits per heavy atom. The number of nitrogens with zero attached hydrogens (tertiary/aromatic N) is 3. The summed E-state index contributed by atoms with van der Waals surface area (Å²) >= 11 is 5.70. The molecule has 0 bridgehead atoms. The summed E-state index contributed by atoms with van der Waals surface area (Å²) in [6.07, 6.45) is 5.01. The van der Waals surface area contributed by atoms with Crippen LogP contribution in [0.1, 0.15) is 25.7 Å². The first kappa shape index (κ1) is 11.4. The molecule has 1 aromatic rings. The van der Waals surface area contributed by atoms with E-state index in [0.29, 0.717) is 12.5 Å². The summed E-state index contributed by atoms with van der Waals surface area (Å²) < 4.78 is 10.4. The fourth-order valence-corrected chi connectivity index (χ4v) is 1.98. The van der Waals surface area contributed by atoms with Crippen LogP contribution in [0.5, 0.6) is 12.0 Å². The van der Waals surface area contributed by atoms with Gasteiger partial charge in [-0.25, -0.2) is 0 Å². The Bertz CT molecular complexity index is 356. The van der Waals surface area contributed by atoms with E-state index in [-0.39, 0.29) is 17.3 Å². The molecule has 0 aliphatic heterocycles. The smallest absolute Gasteiger partial charge is 0.323 e. The summed E-state index contributed by atoms with van der Waals surface area (Å²) in [6, 6.07) is 0.421. The van der Waals surface area contributed by atoms with Gasteiger partial charge in [0.2, 0.25) is 5.28 Å². The standard InChI is InChI=1S/C10H14ClN3O2/c1-15-9-12-8(11)13-10(14-9)16-6-7-4-2-3-5-7/h7H,2-6H2,1H3. The van der Waals surface area contributed by atoms with Crippen molar-refractivity contribution in [2.75, 3.05) is 13.7 Å². The lowest BCUT2D eigenvalue weighted by Crippen LogP contribution is -2.10. The minimum absolute atomic E-state index is 0.0910. The number of hydrogen-bond donors (Lipinski definition) is 0. The van der Waals surface area contributed by atoms with Gasteiger partial charge in [-0.2, -0.15) is 9.97 Å². The molecule has 0 N–H and O–H groups in total. The molecule has 0 amide bonds. The maximum absolute atomic E-state index is 5.70. The van der Waals surface area contributed by atoms with Gasteiger partial charge in [-0.15, -0.1) is 4.98 Å². The molecule has 1 aromatic heterocycles. The van der Waals surface area contributed by atoms with E-state index in [0.717, 1.165) is 0 Å². The summed E-state index contributed by atoms with van der Waals surface area (Å²) in [5.41, 5.74) is 0. The van der Waals surface area contributed by atoms with Crippen molar-refractivity contribution < 1.29 is 9.47 Å². The van der Waals surface area contributed by atoms with Crippen LogP contribution in [-0.2, 0) is 0 Å². The second-order valence-corrected chi connectivity index (χ2v) is 4.17. The maximum Gasteiger partial charge on any atom is 0.323 e. The lowest BCUT2D eigenvalue weighted by molar-refractivity contribution is 0.229. The highest BCUT2D eigenvalue weighted by Gasteiger charge is 2.16. The van der Waals surface area contributed by atoms with E-state index < -0.39 is 0 Å². The van der Waals surface area contributed by atoms with Crippen LogP contribution in [0.3, 0.4) is 0 Å². The van der Waals surface area contributed by atoms with E-state index in [1.54, 1.807) is 0 Å². The first-order valence-electron chi connectivity index (χ1n) is 5.36. The van der Waals surface area contributed by atoms with E-state index in [4.69, 9.17) is 21.1 Å². The molecule has 0 unspecified atom stereocenters. The third-order valence-corrected chi connectivity index (χ3v) is 2.84. The van der Waals surface area contributed by atoms with Crippen LogP contribution in [0.4, 0.5) is 0 Å². The van der Waals surface area contributed by atoms with Crippen molar-refractivity contribution in [3.05, 3.63) is 5.28 Å². The first-order chi connectivity index (χ1) is 7.78. The van der Waals surface area contributed by atoms with Crippen molar-refractivity contribution in [1.29, 1.82) is 0 Å². The van der Waals surface area contributed by atoms with Crippen LogP contribution >= 0.6 is 11.6 Å². The van der Waals surface area contributed by atoms with Gasteiger partial charge in [-0.3, -0.25) is 0 Å². The Morgan fingerprint density at radius 1 is 1.19 bits per heavy atom. The van der Waals surface area contributed by atoms with Gasteiger partial charge in [0.15, 0.2) is 0 Å². The van der Waals surface area contributed by atoms with Gasteiger partial charge < -0.3 is 9.47 Å². The lowest BCUT2D eigenvalue weighted by Gasteiger charge is -2.09. The van der Waals surface area contributed by atoms with Crippen molar-refractivity contribution in [3.8, 4) is 12.0 Å². The molecular weight excluding hydrogens is 230 g/mol. The molecule has 0 atom stereocenters. The Labute approximate surface area is 99.2 Å². The van der Waals surface area contributed by atoms with Gasteiger partial charge in [0.25, 0.3) is 0 Å². The molecule has 0 spiro atoms. The lowest BCUT2D eigenvalue weighted by atomic mass is 10.1. The molecule has 1 heterocycles. The van der Waals surface area contributed by atoms with Crippen LogP contribution in [0.2, 0.25) is 5.28 Å². The molecule has 16 heavy (non-hydrogen) atoms. The zero-order chi connectivity index (χ0) is 11.4. The summed E-state index contributed by atoms with van der Waals surface area (Å²) in [5, 5.41) is 0.0910. The number of rotatable bonds is 4. The third-order valence-electron chi connectivity index (χ3n) is 2.67. The van der Waals surface area contributed by atoms with Crippen molar-refractivity contribution in [3.63, 3.8) is 0 Å². The molecule has 1 aliphatic carbocycles. The predicted molar refractivity (Wildman–Crippen MR) is 58.8 cm³/mol. The number of ether oxygens (including phenoxy) is 2. The second-order valence-electron chi connectivity index (χ2n) is 3.84. The van der Waals surface area contributed by atoms with E-state index in [9.17, 15) is 0 Å². The molecule has 2 rings (SSSR count). The zero-order valence-electron chi connectivity index (χ0n) is 9.15. The fourth-order valence-electron chi connectivity index (χ4n) is 1.84. The maximum atomic E-state index is 5.70. The highest BCUT2D eigenvalue weighted by Crippen LogP contribution is 2.25. The predicted octanol–water partition coefficient (Wildman–Crippen LogP) is 2.10. The number of methoxy groups -OCH3 is 1. The molecule has 1 fully saturated rings. The van der Waals surface area contributed by atoms with Crippen LogP contribution in [0.15, 0.2) is 0 Å². The molecule has 0 saturated heterocycles. The van der Waals surface area contributed by atoms with Crippen molar-refractivity contribution in [2.24, 2.45) is 5.92 Å². The highest BCUT2D eigenvalue weighted by molar-refractivity contribution is 6.28. The minimum atomic E-state index is 0.0910. The molecule has 5 nitrogen and oxygen atoms in total. The number of halogens is 1. The average Bonchev–Trinajstić information content (AvgIpc) is 2.78. The van der Waals surface area contributed by atoms with Crippen LogP contribution < -0.4 is 9.47 Å². The molecule has 88 valence electrons. The van der Waals surface area contributed by atoms with Crippen molar-refractivity contribution >= 4 is 11.6 Å². The van der Waals surface area contributed by atoms with Crippen LogP contribution in [0.25, 0.3) is 0 Å². The van der Waals surface area contributed by atoms with E-state index in [1.165, 1.54) is 32.8 Å². The summed E-state index contributed by atoms with van der Waals surface area (Å²) in [7, 11) is 1.48. The Kier molecular flexibility index (Phi) is 3.77.